The Morgan fingerprint density at radius 2 is 2.26 bits per heavy atom. The van der Waals surface area contributed by atoms with Gasteiger partial charge >= 0.3 is 6.18 Å². The smallest absolute Gasteiger partial charge is 0.376 e. The fraction of sp³-hybridized carbons (Fsp3) is 0.692. The van der Waals surface area contributed by atoms with Gasteiger partial charge in [0.15, 0.2) is 5.69 Å². The summed E-state index contributed by atoms with van der Waals surface area (Å²) >= 11 is 5.76. The molecule has 128 valence electrons. The maximum absolute atomic E-state index is 12.8. The lowest BCUT2D eigenvalue weighted by Gasteiger charge is -2.15. The van der Waals surface area contributed by atoms with Crippen LogP contribution in [0.15, 0.2) is 0 Å². The number of nitrogens with one attached hydrogen (secondary N) is 2. The third-order valence-electron chi connectivity index (χ3n) is 4.35. The van der Waals surface area contributed by atoms with Crippen LogP contribution in [0.4, 0.5) is 13.2 Å². The Kier molecular flexibility index (Phi) is 4.28. The zero-order valence-corrected chi connectivity index (χ0v) is 13.0. The van der Waals surface area contributed by atoms with Crippen molar-refractivity contribution in [1.82, 2.24) is 20.4 Å². The molecule has 0 bridgehead atoms. The van der Waals surface area contributed by atoms with E-state index < -0.39 is 16.9 Å². The molecule has 0 saturated carbocycles. The monoisotopic (exact) mass is 352 g/mol. The molecule has 0 radical (unpaired) electrons. The van der Waals surface area contributed by atoms with Gasteiger partial charge in [0.2, 0.25) is 5.91 Å². The number of alkyl halides is 3. The molecule has 6 nitrogen and oxygen atoms in total. The number of amides is 1. The van der Waals surface area contributed by atoms with Crippen LogP contribution in [0, 0.1) is 11.8 Å². The van der Waals surface area contributed by atoms with Crippen LogP contribution in [-0.2, 0) is 29.3 Å². The molecule has 23 heavy (non-hydrogen) atoms. The van der Waals surface area contributed by atoms with Gasteiger partial charge < -0.3 is 15.4 Å². The minimum absolute atomic E-state index is 0.0304. The second-order valence-corrected chi connectivity index (χ2v) is 6.13. The Bertz CT molecular complexity index is 619. The second kappa shape index (κ2) is 5.95. The minimum Gasteiger partial charge on any atom is -0.376 e. The van der Waals surface area contributed by atoms with Gasteiger partial charge in [-0.1, -0.05) is 11.6 Å². The Morgan fingerprint density at radius 3 is 2.91 bits per heavy atom. The van der Waals surface area contributed by atoms with E-state index in [0.717, 1.165) is 11.2 Å². The SMILES string of the molecule is Cn1nc(C(F)(F)F)c(Cl)c1CNC(=O)[C@@H]1CO[C@@H]2CNC[C@@H]21. The summed E-state index contributed by atoms with van der Waals surface area (Å²) in [4.78, 5) is 12.3. The number of fused-ring (bicyclic) bond motifs is 1. The lowest BCUT2D eigenvalue weighted by atomic mass is 9.92. The van der Waals surface area contributed by atoms with Gasteiger partial charge in [-0.2, -0.15) is 18.3 Å². The molecular weight excluding hydrogens is 337 g/mol. The number of carbonyl (C=O) groups excluding carboxylic acids is 1. The summed E-state index contributed by atoms with van der Waals surface area (Å²) in [5.74, 6) is -0.445. The number of hydrogen-bond donors (Lipinski definition) is 2. The normalized spacial score (nSPS) is 27.3. The number of nitrogens with zero attached hydrogens (tertiary/aromatic N) is 2. The van der Waals surface area contributed by atoms with Crippen molar-refractivity contribution in [2.75, 3.05) is 19.7 Å². The van der Waals surface area contributed by atoms with Crippen LogP contribution in [0.2, 0.25) is 5.02 Å². The molecule has 0 aromatic carbocycles. The van der Waals surface area contributed by atoms with Crippen molar-refractivity contribution in [2.24, 2.45) is 18.9 Å². The Morgan fingerprint density at radius 1 is 1.52 bits per heavy atom. The van der Waals surface area contributed by atoms with Crippen molar-refractivity contribution in [1.29, 1.82) is 0 Å². The van der Waals surface area contributed by atoms with Gasteiger partial charge in [-0.3, -0.25) is 9.48 Å². The summed E-state index contributed by atoms with van der Waals surface area (Å²) < 4.78 is 44.9. The van der Waals surface area contributed by atoms with E-state index in [4.69, 9.17) is 16.3 Å². The highest BCUT2D eigenvalue weighted by Gasteiger charge is 2.44. The molecule has 1 amide bonds. The van der Waals surface area contributed by atoms with Crippen molar-refractivity contribution in [3.8, 4) is 0 Å². The van der Waals surface area contributed by atoms with Crippen LogP contribution < -0.4 is 10.6 Å². The second-order valence-electron chi connectivity index (χ2n) is 5.75. The van der Waals surface area contributed by atoms with Crippen LogP contribution in [0.25, 0.3) is 0 Å². The molecule has 1 aromatic heterocycles. The molecule has 0 unspecified atom stereocenters. The molecule has 3 rings (SSSR count). The first-order valence-corrected chi connectivity index (χ1v) is 7.55. The van der Waals surface area contributed by atoms with Crippen LogP contribution in [0.3, 0.4) is 0 Å². The maximum atomic E-state index is 12.8. The van der Waals surface area contributed by atoms with E-state index in [1.165, 1.54) is 7.05 Å². The molecule has 3 heterocycles. The summed E-state index contributed by atoms with van der Waals surface area (Å²) in [5, 5.41) is 8.70. The van der Waals surface area contributed by atoms with Gasteiger partial charge in [-0.15, -0.1) is 0 Å². The van der Waals surface area contributed by atoms with Crippen LogP contribution >= 0.6 is 11.6 Å². The zero-order valence-electron chi connectivity index (χ0n) is 12.3. The van der Waals surface area contributed by atoms with Crippen molar-refractivity contribution in [3.63, 3.8) is 0 Å². The molecule has 2 fully saturated rings. The summed E-state index contributed by atoms with van der Waals surface area (Å²) in [7, 11) is 1.36. The molecule has 2 saturated heterocycles. The fourth-order valence-electron chi connectivity index (χ4n) is 3.09. The predicted octanol–water partition coefficient (Wildman–Crippen LogP) is 0.943. The molecule has 2 N–H and O–H groups in total. The number of aryl methyl sites for hydroxylation is 1. The molecule has 2 aliphatic rings. The van der Waals surface area contributed by atoms with E-state index in [0.29, 0.717) is 13.2 Å². The third kappa shape index (κ3) is 3.05. The highest BCUT2D eigenvalue weighted by molar-refractivity contribution is 6.32. The molecule has 0 spiro atoms. The quantitative estimate of drug-likeness (QED) is 0.849. The molecule has 10 heteroatoms. The first-order valence-electron chi connectivity index (χ1n) is 7.17. The first kappa shape index (κ1) is 16.5. The van der Waals surface area contributed by atoms with Gasteiger partial charge in [0, 0.05) is 26.1 Å². The highest BCUT2D eigenvalue weighted by Crippen LogP contribution is 2.35. The molecule has 1 aromatic rings. The molecule has 2 aliphatic heterocycles. The number of rotatable bonds is 3. The average molecular weight is 353 g/mol. The first-order chi connectivity index (χ1) is 10.8. The van der Waals surface area contributed by atoms with E-state index in [1.54, 1.807) is 0 Å². The Balaban J connectivity index is 1.67. The lowest BCUT2D eigenvalue weighted by molar-refractivity contribution is -0.141. The minimum atomic E-state index is -4.63. The number of ether oxygens (including phenoxy) is 1. The fourth-order valence-corrected chi connectivity index (χ4v) is 3.42. The number of aromatic nitrogens is 2. The van der Waals surface area contributed by atoms with E-state index in [-0.39, 0.29) is 36.1 Å². The lowest BCUT2D eigenvalue weighted by Crippen LogP contribution is -2.36. The average Bonchev–Trinajstić information content (AvgIpc) is 3.11. The van der Waals surface area contributed by atoms with Crippen molar-refractivity contribution < 1.29 is 22.7 Å². The summed E-state index contributed by atoms with van der Waals surface area (Å²) in [5.41, 5.74) is -1.03. The number of halogens is 4. The van der Waals surface area contributed by atoms with E-state index >= 15 is 0 Å². The summed E-state index contributed by atoms with van der Waals surface area (Å²) in [6, 6.07) is 0. The molecule has 0 aliphatic carbocycles. The van der Waals surface area contributed by atoms with E-state index in [2.05, 4.69) is 15.7 Å². The zero-order chi connectivity index (χ0) is 16.8. The van der Waals surface area contributed by atoms with Crippen LogP contribution in [0.1, 0.15) is 11.4 Å². The van der Waals surface area contributed by atoms with Gasteiger partial charge in [0.05, 0.1) is 35.9 Å². The third-order valence-corrected chi connectivity index (χ3v) is 4.74. The van der Waals surface area contributed by atoms with E-state index in [1.807, 2.05) is 0 Å². The van der Waals surface area contributed by atoms with Crippen molar-refractivity contribution >= 4 is 17.5 Å². The molecular formula is C13H16ClF3N4O2. The topological polar surface area (TPSA) is 68.2 Å². The van der Waals surface area contributed by atoms with Crippen molar-refractivity contribution in [3.05, 3.63) is 16.4 Å². The number of hydrogen-bond acceptors (Lipinski definition) is 4. The highest BCUT2D eigenvalue weighted by atomic mass is 35.5. The van der Waals surface area contributed by atoms with Gasteiger partial charge in [0.25, 0.3) is 0 Å². The van der Waals surface area contributed by atoms with Gasteiger partial charge in [0.1, 0.15) is 0 Å². The van der Waals surface area contributed by atoms with Crippen molar-refractivity contribution in [2.45, 2.75) is 18.8 Å². The number of carbonyl (C=O) groups is 1. The summed E-state index contributed by atoms with van der Waals surface area (Å²) in [6.45, 7) is 1.64. The maximum Gasteiger partial charge on any atom is 0.436 e. The van der Waals surface area contributed by atoms with Gasteiger partial charge in [-0.05, 0) is 0 Å². The van der Waals surface area contributed by atoms with Crippen LogP contribution in [-0.4, -0.2) is 41.5 Å². The Hall–Kier alpha value is -1.32. The standard InChI is InChI=1S/C13H16ClF3N4O2/c1-21-8(10(14)11(20-21)13(15,16)17)3-19-12(22)7-5-23-9-4-18-2-6(7)9/h6-7,9,18H,2-5H2,1H3,(H,19,22)/t6-,7-,9-/m1/s1. The summed E-state index contributed by atoms with van der Waals surface area (Å²) in [6.07, 6.45) is -4.60. The van der Waals surface area contributed by atoms with E-state index in [9.17, 15) is 18.0 Å². The predicted molar refractivity (Wildman–Crippen MR) is 74.7 cm³/mol. The van der Waals surface area contributed by atoms with Gasteiger partial charge in [-0.25, -0.2) is 0 Å². The largest absolute Gasteiger partial charge is 0.436 e. The van der Waals surface area contributed by atoms with Crippen LogP contribution in [0.5, 0.6) is 0 Å². The molecule has 3 atom stereocenters. The Labute approximate surface area is 135 Å².